The van der Waals surface area contributed by atoms with Crippen molar-refractivity contribution in [2.24, 2.45) is 0 Å². The zero-order chi connectivity index (χ0) is 22.5. The average Bonchev–Trinajstić information content (AvgIpc) is 3.15. The highest BCUT2D eigenvalue weighted by molar-refractivity contribution is 7.90. The number of pyridine rings is 1. The fourth-order valence-electron chi connectivity index (χ4n) is 3.84. The summed E-state index contributed by atoms with van der Waals surface area (Å²) in [5.41, 5.74) is 1.52. The third-order valence-electron chi connectivity index (χ3n) is 5.25. The lowest BCUT2D eigenvalue weighted by molar-refractivity contribution is -0.384. The van der Waals surface area contributed by atoms with Crippen LogP contribution in [0.3, 0.4) is 0 Å². The fraction of sp³-hybridized carbons (Fsp3) is 0. The van der Waals surface area contributed by atoms with Crippen LogP contribution < -0.4 is 0 Å². The SMILES string of the molecule is O=[N+]([O-])c1ccccc1-c1ccc2c(c1)c1c(Cl)ccnc1n2S(=O)(=O)c1ccccc1. The normalized spacial score (nSPS) is 11.8. The largest absolute Gasteiger partial charge is 0.277 e. The molecule has 3 aromatic carbocycles. The van der Waals surface area contributed by atoms with E-state index in [1.807, 2.05) is 0 Å². The number of halogens is 1. The Morgan fingerprint density at radius 3 is 2.41 bits per heavy atom. The Balaban J connectivity index is 1.87. The monoisotopic (exact) mass is 463 g/mol. The number of para-hydroxylation sites is 1. The van der Waals surface area contributed by atoms with Crippen molar-refractivity contribution in [3.05, 3.63) is 100 Å². The summed E-state index contributed by atoms with van der Waals surface area (Å²) in [4.78, 5) is 15.5. The molecule has 0 unspecified atom stereocenters. The van der Waals surface area contributed by atoms with Gasteiger partial charge in [-0.05, 0) is 42.0 Å². The summed E-state index contributed by atoms with van der Waals surface area (Å²) in [6.07, 6.45) is 1.45. The number of hydrogen-bond acceptors (Lipinski definition) is 5. The Kier molecular flexibility index (Phi) is 4.69. The van der Waals surface area contributed by atoms with Crippen LogP contribution in [0.1, 0.15) is 0 Å². The van der Waals surface area contributed by atoms with Crippen LogP contribution in [0, 0.1) is 10.1 Å². The molecule has 0 atom stereocenters. The highest BCUT2D eigenvalue weighted by Gasteiger charge is 2.26. The molecule has 2 aromatic heterocycles. The van der Waals surface area contributed by atoms with E-state index in [2.05, 4.69) is 4.98 Å². The highest BCUT2D eigenvalue weighted by atomic mass is 35.5. The molecule has 0 N–H and O–H groups in total. The zero-order valence-corrected chi connectivity index (χ0v) is 17.9. The van der Waals surface area contributed by atoms with E-state index in [9.17, 15) is 18.5 Å². The predicted molar refractivity (Wildman–Crippen MR) is 123 cm³/mol. The highest BCUT2D eigenvalue weighted by Crippen LogP contribution is 2.39. The predicted octanol–water partition coefficient (Wildman–Crippen LogP) is 5.66. The average molecular weight is 464 g/mol. The van der Waals surface area contributed by atoms with Crippen LogP contribution in [0.25, 0.3) is 33.1 Å². The first-order valence-corrected chi connectivity index (χ1v) is 11.3. The van der Waals surface area contributed by atoms with Crippen LogP contribution in [-0.2, 0) is 10.0 Å². The summed E-state index contributed by atoms with van der Waals surface area (Å²) in [6.45, 7) is 0. The maximum atomic E-state index is 13.5. The smallest absolute Gasteiger partial charge is 0.258 e. The minimum Gasteiger partial charge on any atom is -0.258 e. The number of hydrogen-bond donors (Lipinski definition) is 0. The van der Waals surface area contributed by atoms with Crippen LogP contribution in [-0.4, -0.2) is 22.3 Å². The molecular weight excluding hydrogens is 450 g/mol. The molecule has 0 aliphatic carbocycles. The van der Waals surface area contributed by atoms with E-state index in [1.165, 1.54) is 28.4 Å². The molecule has 5 aromatic rings. The molecule has 158 valence electrons. The molecule has 0 aliphatic rings. The first-order chi connectivity index (χ1) is 15.4. The van der Waals surface area contributed by atoms with E-state index in [0.717, 1.165) is 0 Å². The fourth-order valence-corrected chi connectivity index (χ4v) is 5.58. The van der Waals surface area contributed by atoms with Crippen LogP contribution >= 0.6 is 11.6 Å². The summed E-state index contributed by atoms with van der Waals surface area (Å²) < 4.78 is 28.2. The van der Waals surface area contributed by atoms with Gasteiger partial charge >= 0.3 is 0 Å². The summed E-state index contributed by atoms with van der Waals surface area (Å²) >= 11 is 6.47. The van der Waals surface area contributed by atoms with Gasteiger partial charge in [0.25, 0.3) is 15.7 Å². The van der Waals surface area contributed by atoms with Crippen molar-refractivity contribution in [1.29, 1.82) is 0 Å². The van der Waals surface area contributed by atoms with Gasteiger partial charge in [-0.3, -0.25) is 10.1 Å². The van der Waals surface area contributed by atoms with Crippen molar-refractivity contribution >= 4 is 49.2 Å². The van der Waals surface area contributed by atoms with Crippen molar-refractivity contribution in [3.63, 3.8) is 0 Å². The Morgan fingerprint density at radius 2 is 1.66 bits per heavy atom. The molecule has 0 saturated carbocycles. The summed E-state index contributed by atoms with van der Waals surface area (Å²) in [7, 11) is -3.98. The number of rotatable bonds is 4. The van der Waals surface area contributed by atoms with Gasteiger partial charge in [0.1, 0.15) is 0 Å². The topological polar surface area (TPSA) is 95.1 Å². The number of nitro benzene ring substituents is 1. The lowest BCUT2D eigenvalue weighted by Gasteiger charge is -2.09. The minimum absolute atomic E-state index is 0.0447. The van der Waals surface area contributed by atoms with Gasteiger partial charge in [-0.1, -0.05) is 48.0 Å². The number of benzene rings is 3. The first kappa shape index (κ1) is 20.2. The molecule has 0 amide bonds. The Morgan fingerprint density at radius 1 is 0.938 bits per heavy atom. The van der Waals surface area contributed by atoms with E-state index in [1.54, 1.807) is 60.7 Å². The molecule has 0 spiro atoms. The quantitative estimate of drug-likeness (QED) is 0.253. The first-order valence-electron chi connectivity index (χ1n) is 9.52. The Hall–Kier alpha value is -3.75. The molecule has 0 saturated heterocycles. The van der Waals surface area contributed by atoms with E-state index in [4.69, 9.17) is 11.6 Å². The van der Waals surface area contributed by atoms with E-state index < -0.39 is 14.9 Å². The third kappa shape index (κ3) is 3.04. The minimum atomic E-state index is -3.98. The summed E-state index contributed by atoms with van der Waals surface area (Å²) in [5, 5.41) is 12.8. The van der Waals surface area contributed by atoms with Gasteiger partial charge in [0.15, 0.2) is 5.65 Å². The molecule has 2 heterocycles. The molecule has 9 heteroatoms. The number of aromatic nitrogens is 2. The Labute approximate surface area is 187 Å². The lowest BCUT2D eigenvalue weighted by Crippen LogP contribution is -2.13. The van der Waals surface area contributed by atoms with Crippen molar-refractivity contribution in [1.82, 2.24) is 8.96 Å². The van der Waals surface area contributed by atoms with Gasteiger partial charge in [0.2, 0.25) is 0 Å². The van der Waals surface area contributed by atoms with Gasteiger partial charge < -0.3 is 0 Å². The van der Waals surface area contributed by atoms with E-state index >= 15 is 0 Å². The molecule has 0 aliphatic heterocycles. The van der Waals surface area contributed by atoms with Crippen molar-refractivity contribution in [3.8, 4) is 11.1 Å². The maximum Gasteiger partial charge on any atom is 0.277 e. The van der Waals surface area contributed by atoms with Crippen LogP contribution in [0.15, 0.2) is 90.0 Å². The van der Waals surface area contributed by atoms with E-state index in [0.29, 0.717) is 32.4 Å². The molecule has 7 nitrogen and oxygen atoms in total. The lowest BCUT2D eigenvalue weighted by atomic mass is 10.0. The molecule has 0 fully saturated rings. The van der Waals surface area contributed by atoms with E-state index in [-0.39, 0.29) is 16.2 Å². The number of nitrogens with zero attached hydrogens (tertiary/aromatic N) is 3. The third-order valence-corrected chi connectivity index (χ3v) is 7.28. The standard InChI is InChI=1S/C23H14ClN3O4S/c24-19-12-13-25-23-22(19)18-14-15(17-8-4-5-9-21(17)27(28)29)10-11-20(18)26(23)32(30,31)16-6-2-1-3-7-16/h1-14H. The molecule has 32 heavy (non-hydrogen) atoms. The van der Waals surface area contributed by atoms with Gasteiger partial charge in [-0.25, -0.2) is 17.4 Å². The molecule has 0 bridgehead atoms. The second-order valence-electron chi connectivity index (χ2n) is 7.08. The van der Waals surface area contributed by atoms with Gasteiger partial charge in [-0.2, -0.15) is 0 Å². The second-order valence-corrected chi connectivity index (χ2v) is 9.27. The maximum absolute atomic E-state index is 13.5. The van der Waals surface area contributed by atoms with Crippen molar-refractivity contribution in [2.45, 2.75) is 4.90 Å². The van der Waals surface area contributed by atoms with Crippen LogP contribution in [0.4, 0.5) is 5.69 Å². The second kappa shape index (κ2) is 7.44. The van der Waals surface area contributed by atoms with Gasteiger partial charge in [0, 0.05) is 23.0 Å². The van der Waals surface area contributed by atoms with Crippen molar-refractivity contribution < 1.29 is 13.3 Å². The Bertz CT molecular complexity index is 1630. The van der Waals surface area contributed by atoms with Gasteiger partial charge in [0.05, 0.1) is 25.9 Å². The zero-order valence-electron chi connectivity index (χ0n) is 16.3. The van der Waals surface area contributed by atoms with Crippen molar-refractivity contribution in [2.75, 3.05) is 0 Å². The summed E-state index contributed by atoms with van der Waals surface area (Å²) in [5.74, 6) is 0. The number of nitro groups is 1. The molecular formula is C23H14ClN3O4S. The molecule has 5 rings (SSSR count). The van der Waals surface area contributed by atoms with Crippen LogP contribution in [0.5, 0.6) is 0 Å². The summed E-state index contributed by atoms with van der Waals surface area (Å²) in [6, 6.07) is 21.0. The van der Waals surface area contributed by atoms with Crippen LogP contribution in [0.2, 0.25) is 5.02 Å². The molecule has 0 radical (unpaired) electrons. The number of fused-ring (bicyclic) bond motifs is 3. The van der Waals surface area contributed by atoms with Gasteiger partial charge in [-0.15, -0.1) is 0 Å².